The number of nitrogens with two attached hydrogens (primary N) is 1. The molecule has 1 aliphatic heterocycles. The van der Waals surface area contributed by atoms with Crippen LogP contribution in [0.25, 0.3) is 16.6 Å². The lowest BCUT2D eigenvalue weighted by atomic mass is 10.0. The van der Waals surface area contributed by atoms with E-state index in [1.807, 2.05) is 25.5 Å². The lowest BCUT2D eigenvalue weighted by molar-refractivity contribution is 0.278. The zero-order valence-corrected chi connectivity index (χ0v) is 15.3. The normalized spacial score (nSPS) is 18.9. The van der Waals surface area contributed by atoms with Crippen LogP contribution in [0.15, 0.2) is 29.7 Å². The molecule has 7 heteroatoms. The molecule has 1 saturated heterocycles. The maximum atomic E-state index is 7.36. The molecule has 140 valence electrons. The van der Waals surface area contributed by atoms with E-state index >= 15 is 0 Å². The number of aromatic amines is 1. The predicted molar refractivity (Wildman–Crippen MR) is 109 cm³/mol. The van der Waals surface area contributed by atoms with Crippen LogP contribution in [0.4, 0.5) is 5.69 Å². The van der Waals surface area contributed by atoms with Gasteiger partial charge >= 0.3 is 0 Å². The van der Waals surface area contributed by atoms with Crippen molar-refractivity contribution in [1.29, 1.82) is 0 Å². The summed E-state index contributed by atoms with van der Waals surface area (Å²) in [6.07, 6.45) is 9.53. The van der Waals surface area contributed by atoms with Crippen molar-refractivity contribution in [2.45, 2.75) is 25.8 Å². The highest BCUT2D eigenvalue weighted by Gasteiger charge is 2.23. The Balaban J connectivity index is 1.96. The van der Waals surface area contributed by atoms with Crippen LogP contribution in [-0.4, -0.2) is 60.1 Å². The fraction of sp³-hybridized carbons (Fsp3) is 0.474. The summed E-state index contributed by atoms with van der Waals surface area (Å²) in [7, 11) is 0. The smallest absolute Gasteiger partial charge is 0.156 e. The van der Waals surface area contributed by atoms with Crippen molar-refractivity contribution in [3.05, 3.63) is 30.2 Å². The van der Waals surface area contributed by atoms with E-state index in [1.54, 1.807) is 6.20 Å². The summed E-state index contributed by atoms with van der Waals surface area (Å²) in [6, 6.07) is 2.50. The highest BCUT2D eigenvalue weighted by molar-refractivity contribution is 6.16. The van der Waals surface area contributed by atoms with Gasteiger partial charge in [-0.3, -0.25) is 4.99 Å². The van der Waals surface area contributed by atoms with Crippen LogP contribution in [0.5, 0.6) is 0 Å². The molecule has 1 aliphatic rings. The molecule has 7 nitrogen and oxygen atoms in total. The first-order valence-electron chi connectivity index (χ1n) is 9.29. The van der Waals surface area contributed by atoms with Crippen LogP contribution in [-0.2, 0) is 0 Å². The summed E-state index contributed by atoms with van der Waals surface area (Å²) in [5.74, 6) is 0. The van der Waals surface area contributed by atoms with E-state index in [0.717, 1.165) is 61.2 Å². The molecular weight excluding hydrogens is 328 g/mol. The van der Waals surface area contributed by atoms with Crippen molar-refractivity contribution in [2.75, 3.05) is 37.7 Å². The van der Waals surface area contributed by atoms with Crippen molar-refractivity contribution < 1.29 is 5.11 Å². The lowest BCUT2D eigenvalue weighted by Gasteiger charge is -2.35. The number of fused-ring (bicyclic) bond motifs is 1. The van der Waals surface area contributed by atoms with E-state index in [1.165, 1.54) is 5.69 Å². The Bertz CT molecular complexity index is 781. The van der Waals surface area contributed by atoms with Gasteiger partial charge in [-0.15, -0.1) is 0 Å². The number of nitrogens with zero attached hydrogens (tertiary/aromatic N) is 3. The van der Waals surface area contributed by atoms with E-state index < -0.39 is 0 Å². The summed E-state index contributed by atoms with van der Waals surface area (Å²) in [6.45, 7) is 5.85. The van der Waals surface area contributed by atoms with Crippen LogP contribution in [0, 0.1) is 0 Å². The number of aliphatic imine (C=N–C) groups is 1. The third kappa shape index (κ3) is 3.89. The van der Waals surface area contributed by atoms with Gasteiger partial charge in [0.1, 0.15) is 5.65 Å². The maximum Gasteiger partial charge on any atom is 0.156 e. The van der Waals surface area contributed by atoms with E-state index in [4.69, 9.17) is 10.8 Å². The Morgan fingerprint density at radius 2 is 2.46 bits per heavy atom. The zero-order valence-electron chi connectivity index (χ0n) is 15.3. The second-order valence-electron chi connectivity index (χ2n) is 6.50. The van der Waals surface area contributed by atoms with E-state index in [-0.39, 0.29) is 0 Å². The van der Waals surface area contributed by atoms with Gasteiger partial charge < -0.3 is 26.0 Å². The van der Waals surface area contributed by atoms with Gasteiger partial charge in [0.05, 0.1) is 6.54 Å². The van der Waals surface area contributed by atoms with Crippen LogP contribution in [0.3, 0.4) is 0 Å². The average molecular weight is 357 g/mol. The summed E-state index contributed by atoms with van der Waals surface area (Å²) >= 11 is 0. The molecule has 1 fully saturated rings. The number of H-pyrrole nitrogens is 1. The first kappa shape index (κ1) is 18.4. The summed E-state index contributed by atoms with van der Waals surface area (Å²) in [4.78, 5) is 14.5. The molecule has 2 aromatic rings. The molecular formula is C19H29N6O+. The number of anilines is 1. The third-order valence-corrected chi connectivity index (χ3v) is 4.78. The minimum Gasteiger partial charge on any atom is -0.444 e. The highest BCUT2D eigenvalue weighted by atomic mass is 16.3. The summed E-state index contributed by atoms with van der Waals surface area (Å²) < 4.78 is 0. The average Bonchev–Trinajstić information content (AvgIpc) is 3.11. The summed E-state index contributed by atoms with van der Waals surface area (Å²) in [5.41, 5.74) is 9.84. The first-order chi connectivity index (χ1) is 12.8. The molecule has 0 aromatic carbocycles. The SMILES string of the molecule is CCN=C/C(=C\N)c1c[nH]c2nccc(N3CCCC(NCC[OH2+])C3)c12. The monoisotopic (exact) mass is 357 g/mol. The molecule has 1 atom stereocenters. The van der Waals surface area contributed by atoms with Gasteiger partial charge in [-0.2, -0.15) is 0 Å². The predicted octanol–water partition coefficient (Wildman–Crippen LogP) is 1.24. The van der Waals surface area contributed by atoms with Crippen LogP contribution < -0.4 is 16.0 Å². The van der Waals surface area contributed by atoms with Crippen molar-refractivity contribution >= 4 is 28.5 Å². The highest BCUT2D eigenvalue weighted by Crippen LogP contribution is 2.33. The second kappa shape index (κ2) is 8.82. The van der Waals surface area contributed by atoms with Crippen molar-refractivity contribution in [3.8, 4) is 0 Å². The number of hydrogen-bond donors (Lipinski definition) is 3. The van der Waals surface area contributed by atoms with Gasteiger partial charge in [0, 0.05) is 72.7 Å². The Hall–Kier alpha value is -2.38. The minimum absolute atomic E-state index is 0.416. The lowest BCUT2D eigenvalue weighted by Crippen LogP contribution is -2.46. The molecule has 3 heterocycles. The topological polar surface area (TPSA) is 105 Å². The van der Waals surface area contributed by atoms with E-state index in [9.17, 15) is 0 Å². The molecule has 0 saturated carbocycles. The number of pyridine rings is 1. The number of rotatable bonds is 7. The summed E-state index contributed by atoms with van der Waals surface area (Å²) in [5, 5.41) is 11.9. The Kier molecular flexibility index (Phi) is 6.25. The van der Waals surface area contributed by atoms with Crippen molar-refractivity contribution in [2.24, 2.45) is 10.7 Å². The molecule has 0 radical (unpaired) electrons. The van der Waals surface area contributed by atoms with Gasteiger partial charge in [0.25, 0.3) is 0 Å². The second-order valence-corrected chi connectivity index (χ2v) is 6.50. The molecule has 0 amide bonds. The van der Waals surface area contributed by atoms with Crippen LogP contribution >= 0.6 is 0 Å². The molecule has 6 N–H and O–H groups in total. The van der Waals surface area contributed by atoms with Gasteiger partial charge in [0.2, 0.25) is 0 Å². The number of allylic oxidation sites excluding steroid dienone is 1. The molecule has 0 spiro atoms. The number of aromatic nitrogens is 2. The Labute approximate surface area is 154 Å². The van der Waals surface area contributed by atoms with Crippen LogP contribution in [0.1, 0.15) is 25.3 Å². The van der Waals surface area contributed by atoms with E-state index in [2.05, 4.69) is 31.2 Å². The third-order valence-electron chi connectivity index (χ3n) is 4.78. The number of piperidine rings is 1. The standard InChI is InChI=1S/C19H28N6O/c1-2-21-11-14(10-20)16-12-24-19-18(16)17(5-6-23-19)25-8-3-4-15(13-25)22-7-9-26/h5-6,10-12,15,22,26H,2-4,7-9,13,20H2,1H3,(H,23,24)/p+1/b14-10+,21-11?. The molecule has 2 aromatic heterocycles. The zero-order chi connectivity index (χ0) is 18.4. The molecule has 1 unspecified atom stereocenters. The minimum atomic E-state index is 0.416. The van der Waals surface area contributed by atoms with Gasteiger partial charge in [-0.1, -0.05) is 0 Å². The molecule has 26 heavy (non-hydrogen) atoms. The van der Waals surface area contributed by atoms with E-state index in [0.29, 0.717) is 12.6 Å². The first-order valence-corrected chi connectivity index (χ1v) is 9.29. The van der Waals surface area contributed by atoms with Gasteiger partial charge in [-0.05, 0) is 25.8 Å². The van der Waals surface area contributed by atoms with Crippen LogP contribution in [0.2, 0.25) is 0 Å². The van der Waals surface area contributed by atoms with Gasteiger partial charge in [-0.25, -0.2) is 4.98 Å². The fourth-order valence-corrected chi connectivity index (χ4v) is 3.56. The van der Waals surface area contributed by atoms with Crippen molar-refractivity contribution in [3.63, 3.8) is 0 Å². The molecule has 0 aliphatic carbocycles. The quantitative estimate of drug-likeness (QED) is 0.512. The largest absolute Gasteiger partial charge is 0.444 e. The Morgan fingerprint density at radius 3 is 3.23 bits per heavy atom. The fourth-order valence-electron chi connectivity index (χ4n) is 3.56. The molecule has 3 rings (SSSR count). The molecule has 0 bridgehead atoms. The van der Waals surface area contributed by atoms with Gasteiger partial charge in [0.15, 0.2) is 6.61 Å². The number of nitrogens with one attached hydrogen (secondary N) is 2. The maximum absolute atomic E-state index is 7.36. The van der Waals surface area contributed by atoms with Crippen molar-refractivity contribution in [1.82, 2.24) is 15.3 Å². The number of hydrogen-bond acceptors (Lipinski definition) is 5. The Morgan fingerprint density at radius 1 is 1.58 bits per heavy atom.